The van der Waals surface area contributed by atoms with Gasteiger partial charge in [-0.3, -0.25) is 14.4 Å². The van der Waals surface area contributed by atoms with E-state index in [0.29, 0.717) is 19.3 Å². The van der Waals surface area contributed by atoms with Gasteiger partial charge in [0, 0.05) is 19.3 Å². The summed E-state index contributed by atoms with van der Waals surface area (Å²) in [5, 5.41) is 0. The van der Waals surface area contributed by atoms with E-state index < -0.39 is 6.10 Å². The van der Waals surface area contributed by atoms with Crippen molar-refractivity contribution < 1.29 is 28.6 Å². The molecule has 0 spiro atoms. The molecule has 1 atom stereocenters. The molecule has 0 bridgehead atoms. The smallest absolute Gasteiger partial charge is 0.306 e. The highest BCUT2D eigenvalue weighted by Crippen LogP contribution is 2.15. The number of esters is 3. The van der Waals surface area contributed by atoms with Crippen molar-refractivity contribution in [1.82, 2.24) is 0 Å². The van der Waals surface area contributed by atoms with Crippen molar-refractivity contribution in [3.63, 3.8) is 0 Å². The summed E-state index contributed by atoms with van der Waals surface area (Å²) in [4.78, 5) is 38.2. The molecule has 0 aromatic heterocycles. The van der Waals surface area contributed by atoms with Crippen LogP contribution in [-0.4, -0.2) is 37.2 Å². The molecule has 0 aromatic carbocycles. The summed E-state index contributed by atoms with van der Waals surface area (Å²) in [6.07, 6.45) is 85.9. The van der Waals surface area contributed by atoms with Crippen LogP contribution in [0.1, 0.15) is 258 Å². The van der Waals surface area contributed by atoms with Crippen LogP contribution in [0.5, 0.6) is 0 Å². The first-order valence-electron chi connectivity index (χ1n) is 30.2. The van der Waals surface area contributed by atoms with E-state index in [0.717, 1.165) is 128 Å². The molecule has 0 aliphatic carbocycles. The van der Waals surface area contributed by atoms with E-state index >= 15 is 0 Å². The third kappa shape index (κ3) is 58.4. The van der Waals surface area contributed by atoms with Crippen molar-refractivity contribution in [2.75, 3.05) is 13.2 Å². The van der Waals surface area contributed by atoms with Crippen LogP contribution >= 0.6 is 0 Å². The quantitative estimate of drug-likeness (QED) is 0.0261. The molecule has 0 N–H and O–H groups in total. The van der Waals surface area contributed by atoms with Gasteiger partial charge in [-0.1, -0.05) is 264 Å². The second-order valence-corrected chi connectivity index (χ2v) is 19.5. The van der Waals surface area contributed by atoms with Gasteiger partial charge in [-0.25, -0.2) is 0 Å². The van der Waals surface area contributed by atoms with Crippen molar-refractivity contribution in [2.24, 2.45) is 0 Å². The zero-order chi connectivity index (χ0) is 53.6. The molecule has 6 heteroatoms. The van der Waals surface area contributed by atoms with Crippen molar-refractivity contribution >= 4 is 17.9 Å². The average molecular weight is 1020 g/mol. The minimum atomic E-state index is -0.818. The molecule has 0 aliphatic heterocycles. The van der Waals surface area contributed by atoms with Gasteiger partial charge in [0.2, 0.25) is 0 Å². The lowest BCUT2D eigenvalue weighted by molar-refractivity contribution is -0.167. The minimum absolute atomic E-state index is 0.107. The van der Waals surface area contributed by atoms with Crippen molar-refractivity contribution in [3.05, 3.63) is 134 Å². The minimum Gasteiger partial charge on any atom is -0.462 e. The Labute approximate surface area is 455 Å². The molecule has 6 nitrogen and oxygen atoms in total. The van der Waals surface area contributed by atoms with E-state index in [1.807, 2.05) is 0 Å². The van der Waals surface area contributed by atoms with Crippen LogP contribution in [0.2, 0.25) is 0 Å². The predicted molar refractivity (Wildman–Crippen MR) is 320 cm³/mol. The number of unbranched alkanes of at least 4 members (excludes halogenated alkanes) is 20. The van der Waals surface area contributed by atoms with Crippen molar-refractivity contribution in [1.29, 1.82) is 0 Å². The molecular weight excluding hydrogens is 913 g/mol. The third-order valence-electron chi connectivity index (χ3n) is 12.4. The number of carbonyl (C=O) groups is 3. The molecule has 1 unspecified atom stereocenters. The number of hydrogen-bond donors (Lipinski definition) is 0. The van der Waals surface area contributed by atoms with Crippen molar-refractivity contribution in [3.8, 4) is 0 Å². The van der Waals surface area contributed by atoms with Crippen LogP contribution in [0.15, 0.2) is 134 Å². The molecule has 0 radical (unpaired) electrons. The lowest BCUT2D eigenvalue weighted by Gasteiger charge is -2.18. The number of ether oxygens (including phenoxy) is 3. The van der Waals surface area contributed by atoms with E-state index in [1.165, 1.54) is 83.5 Å². The first kappa shape index (κ1) is 69.5. The first-order valence-corrected chi connectivity index (χ1v) is 30.2. The summed E-state index contributed by atoms with van der Waals surface area (Å²) in [6, 6.07) is 0. The largest absolute Gasteiger partial charge is 0.462 e. The maximum absolute atomic E-state index is 12.9. The zero-order valence-corrected chi connectivity index (χ0v) is 47.8. The summed E-state index contributed by atoms with van der Waals surface area (Å²) in [5.74, 6) is -0.981. The van der Waals surface area contributed by atoms with Crippen LogP contribution in [-0.2, 0) is 28.6 Å². The molecule has 0 aliphatic rings. The number of allylic oxidation sites excluding steroid dienone is 22. The number of rotatable bonds is 53. The van der Waals surface area contributed by atoms with E-state index in [2.05, 4.69) is 154 Å². The highest BCUT2D eigenvalue weighted by molar-refractivity contribution is 5.71. The Bertz CT molecular complexity index is 1600. The second kappa shape index (κ2) is 61.1. The highest BCUT2D eigenvalue weighted by atomic mass is 16.6. The molecule has 0 fully saturated rings. The summed E-state index contributed by atoms with van der Waals surface area (Å²) < 4.78 is 16.8. The average Bonchev–Trinajstić information content (AvgIpc) is 3.40. The van der Waals surface area contributed by atoms with Crippen LogP contribution in [0.25, 0.3) is 0 Å². The first-order chi connectivity index (χ1) is 36.5. The standard InChI is InChI=1S/C68H110O6/c1-4-7-10-13-16-19-22-25-28-30-31-32-33-34-35-36-37-39-40-43-46-49-52-55-58-61-67(70)73-64-65(63-72-66(69)60-57-54-51-48-45-42-27-24-21-18-15-12-9-6-3)74-68(71)62-59-56-53-50-47-44-41-38-29-26-23-20-17-14-11-8-5-2/h7-8,10-11,16-17,19-20,25-26,28-29,31-32,34-35,37,39,41,44,50,53,65H,4-6,9,12-15,18,21-24,27,30,33,36,38,40,42-43,45-49,51-52,54-64H2,1-3H3/b10-7-,11-8-,19-16-,20-17-,28-25-,29-26-,32-31-,35-34-,39-37-,44-41-,53-50-. The van der Waals surface area contributed by atoms with E-state index in [-0.39, 0.29) is 37.5 Å². The summed E-state index contributed by atoms with van der Waals surface area (Å²) in [5.41, 5.74) is 0. The normalized spacial score (nSPS) is 13.1. The topological polar surface area (TPSA) is 78.9 Å². The fourth-order valence-corrected chi connectivity index (χ4v) is 7.95. The van der Waals surface area contributed by atoms with Gasteiger partial charge in [0.1, 0.15) is 13.2 Å². The molecule has 0 heterocycles. The zero-order valence-electron chi connectivity index (χ0n) is 47.8. The third-order valence-corrected chi connectivity index (χ3v) is 12.4. The fourth-order valence-electron chi connectivity index (χ4n) is 7.95. The molecule has 0 saturated carbocycles. The molecule has 0 rings (SSSR count). The van der Waals surface area contributed by atoms with Crippen LogP contribution in [0.3, 0.4) is 0 Å². The summed E-state index contributed by atoms with van der Waals surface area (Å²) >= 11 is 0. The molecule has 418 valence electrons. The van der Waals surface area contributed by atoms with Gasteiger partial charge in [-0.15, -0.1) is 0 Å². The summed E-state index contributed by atoms with van der Waals surface area (Å²) in [6.45, 7) is 6.36. The molecule has 0 saturated heterocycles. The van der Waals surface area contributed by atoms with Crippen LogP contribution in [0, 0.1) is 0 Å². The Morgan fingerprint density at radius 3 is 0.865 bits per heavy atom. The Morgan fingerprint density at radius 1 is 0.284 bits per heavy atom. The fraction of sp³-hybridized carbons (Fsp3) is 0.632. The van der Waals surface area contributed by atoms with Gasteiger partial charge in [-0.2, -0.15) is 0 Å². The second-order valence-electron chi connectivity index (χ2n) is 19.5. The Balaban J connectivity index is 4.47. The van der Waals surface area contributed by atoms with Crippen LogP contribution < -0.4 is 0 Å². The van der Waals surface area contributed by atoms with Crippen LogP contribution in [0.4, 0.5) is 0 Å². The molecule has 0 amide bonds. The monoisotopic (exact) mass is 1020 g/mol. The number of hydrogen-bond acceptors (Lipinski definition) is 6. The highest BCUT2D eigenvalue weighted by Gasteiger charge is 2.19. The Kier molecular flexibility index (Phi) is 57.4. The van der Waals surface area contributed by atoms with Gasteiger partial charge < -0.3 is 14.2 Å². The van der Waals surface area contributed by atoms with E-state index in [1.54, 1.807) is 0 Å². The maximum Gasteiger partial charge on any atom is 0.306 e. The Hall–Kier alpha value is -4.45. The lowest BCUT2D eigenvalue weighted by Crippen LogP contribution is -2.30. The van der Waals surface area contributed by atoms with Gasteiger partial charge in [0.15, 0.2) is 6.10 Å². The van der Waals surface area contributed by atoms with Gasteiger partial charge in [-0.05, 0) is 109 Å². The van der Waals surface area contributed by atoms with E-state index in [4.69, 9.17) is 14.2 Å². The maximum atomic E-state index is 12.9. The van der Waals surface area contributed by atoms with Crippen molar-refractivity contribution in [2.45, 2.75) is 264 Å². The van der Waals surface area contributed by atoms with Gasteiger partial charge in [0.05, 0.1) is 0 Å². The predicted octanol–water partition coefficient (Wildman–Crippen LogP) is 20.6. The van der Waals surface area contributed by atoms with E-state index in [9.17, 15) is 14.4 Å². The SMILES string of the molecule is CC/C=C\C/C=C\C/C=C\C/C=C\C/C=C\C/C=C\CCCCCCCCC(=O)OCC(COC(=O)CCCCCCCCCCCCCCCC)OC(=O)CCC/C=C\C/C=C\C/C=C\C/C=C\C/C=C\CC. The van der Waals surface area contributed by atoms with Gasteiger partial charge in [0.25, 0.3) is 0 Å². The van der Waals surface area contributed by atoms with Gasteiger partial charge >= 0.3 is 17.9 Å². The Morgan fingerprint density at radius 2 is 0.541 bits per heavy atom. The molecular formula is C68H110O6. The number of carbonyl (C=O) groups excluding carboxylic acids is 3. The molecule has 74 heavy (non-hydrogen) atoms. The lowest BCUT2D eigenvalue weighted by atomic mass is 10.0. The molecule has 0 aromatic rings. The summed E-state index contributed by atoms with van der Waals surface area (Å²) in [7, 11) is 0.